The maximum atomic E-state index is 13.1. The van der Waals surface area contributed by atoms with Gasteiger partial charge in [-0.05, 0) is 30.9 Å². The maximum Gasteiger partial charge on any atom is 0.418 e. The number of pyridine rings is 1. The predicted octanol–water partition coefficient (Wildman–Crippen LogP) is 6.24. The van der Waals surface area contributed by atoms with Crippen molar-refractivity contribution in [2.24, 2.45) is 0 Å². The first kappa shape index (κ1) is 23.4. The third-order valence-electron chi connectivity index (χ3n) is 3.93. The number of carbonyl (C=O) groups excluding carboxylic acids is 1. The topological polar surface area (TPSA) is 49.9 Å². The molecule has 0 aliphatic rings. The van der Waals surface area contributed by atoms with Crippen molar-refractivity contribution in [1.82, 2.24) is 4.98 Å². The molecule has 3 aromatic rings. The van der Waals surface area contributed by atoms with E-state index in [2.05, 4.69) is 29.7 Å². The molecule has 0 spiro atoms. The number of rotatable bonds is 3. The monoisotopic (exact) mass is 459 g/mol. The van der Waals surface area contributed by atoms with Crippen LogP contribution >= 0.6 is 36.0 Å². The van der Waals surface area contributed by atoms with Crippen molar-refractivity contribution >= 4 is 52.7 Å². The molecule has 1 heterocycles. The number of hydrogen-bond donors (Lipinski definition) is 2. The van der Waals surface area contributed by atoms with Gasteiger partial charge in [-0.1, -0.05) is 41.9 Å². The van der Waals surface area contributed by atoms with Gasteiger partial charge in [0.25, 0.3) is 0 Å². The van der Waals surface area contributed by atoms with E-state index < -0.39 is 23.0 Å². The first-order valence-corrected chi connectivity index (χ1v) is 10.5. The number of benzene rings is 2. The number of H-pyrrole nitrogens is 1. The molecule has 3 nitrogen and oxygen atoms in total. The lowest BCUT2D eigenvalue weighted by Crippen LogP contribution is -2.18. The van der Waals surface area contributed by atoms with Crippen molar-refractivity contribution in [2.75, 3.05) is 6.26 Å². The van der Waals surface area contributed by atoms with Crippen LogP contribution in [0.15, 0.2) is 52.3 Å². The van der Waals surface area contributed by atoms with Gasteiger partial charge in [-0.3, -0.25) is 9.59 Å². The zero-order valence-electron chi connectivity index (χ0n) is 15.4. The Kier molecular flexibility index (Phi) is 7.85. The van der Waals surface area contributed by atoms with Crippen LogP contribution in [0, 0.1) is 0 Å². The summed E-state index contributed by atoms with van der Waals surface area (Å²) in [4.78, 5) is 26.4. The van der Waals surface area contributed by atoms with Crippen LogP contribution < -0.4 is 5.43 Å². The summed E-state index contributed by atoms with van der Waals surface area (Å²) in [7, 11) is 0. The van der Waals surface area contributed by atoms with Gasteiger partial charge in [0.2, 0.25) is 5.43 Å². The molecule has 154 valence electrons. The summed E-state index contributed by atoms with van der Waals surface area (Å²) < 4.78 is 39.2. The highest BCUT2D eigenvalue weighted by Gasteiger charge is 2.34. The predicted molar refractivity (Wildman–Crippen MR) is 115 cm³/mol. The van der Waals surface area contributed by atoms with Crippen LogP contribution in [-0.2, 0) is 11.9 Å². The van der Waals surface area contributed by atoms with Crippen LogP contribution in [0.25, 0.3) is 10.9 Å². The first-order valence-electron chi connectivity index (χ1n) is 8.26. The largest absolute Gasteiger partial charge is 0.418 e. The number of halogens is 4. The number of Topliss-reactive ketones (excluding diaryl/α,β-unsaturated/α-hetero) is 1. The first-order chi connectivity index (χ1) is 13.6. The molecule has 0 aliphatic heterocycles. The minimum absolute atomic E-state index is 0.104. The molecule has 0 amide bonds. The number of fused-ring (bicyclic) bond motifs is 1. The zero-order valence-corrected chi connectivity index (χ0v) is 17.9. The summed E-state index contributed by atoms with van der Waals surface area (Å²) in [6, 6.07) is 12.0. The Balaban J connectivity index is 0.000000313. The summed E-state index contributed by atoms with van der Waals surface area (Å²) >= 11 is 10.8. The Labute approximate surface area is 180 Å². The van der Waals surface area contributed by atoms with Gasteiger partial charge in [-0.25, -0.2) is 0 Å². The molecule has 1 aromatic heterocycles. The number of aromatic nitrogens is 1. The van der Waals surface area contributed by atoms with Gasteiger partial charge in [0.15, 0.2) is 5.78 Å². The number of thioether (sulfide) groups is 1. The lowest BCUT2D eigenvalue weighted by molar-refractivity contribution is -0.136. The van der Waals surface area contributed by atoms with E-state index in [-0.39, 0.29) is 26.5 Å². The summed E-state index contributed by atoms with van der Waals surface area (Å²) in [6.45, 7) is 1.19. The third-order valence-corrected chi connectivity index (χ3v) is 5.23. The minimum Gasteiger partial charge on any atom is -0.348 e. The van der Waals surface area contributed by atoms with E-state index in [0.717, 1.165) is 29.6 Å². The van der Waals surface area contributed by atoms with Crippen LogP contribution in [0.5, 0.6) is 0 Å². The molecule has 0 bridgehead atoms. The molecule has 0 radical (unpaired) electrons. The van der Waals surface area contributed by atoms with E-state index in [1.54, 1.807) is 6.26 Å². The number of ketones is 1. The number of hydrogen-bond acceptors (Lipinski definition) is 4. The Morgan fingerprint density at radius 1 is 1.21 bits per heavy atom. The van der Waals surface area contributed by atoms with Crippen molar-refractivity contribution in [3.63, 3.8) is 0 Å². The molecule has 29 heavy (non-hydrogen) atoms. The van der Waals surface area contributed by atoms with E-state index in [0.29, 0.717) is 0 Å². The molecule has 0 atom stereocenters. The van der Waals surface area contributed by atoms with Crippen LogP contribution in [0.2, 0.25) is 5.02 Å². The fourth-order valence-corrected chi connectivity index (χ4v) is 3.69. The van der Waals surface area contributed by atoms with E-state index in [1.807, 2.05) is 18.2 Å². The molecule has 2 aromatic carbocycles. The molecule has 0 fully saturated rings. The van der Waals surface area contributed by atoms with Crippen molar-refractivity contribution < 1.29 is 18.0 Å². The number of nitrogens with one attached hydrogen (secondary N) is 1. The van der Waals surface area contributed by atoms with Crippen LogP contribution in [0.1, 0.15) is 28.4 Å². The summed E-state index contributed by atoms with van der Waals surface area (Å²) in [5.41, 5.74) is -1.05. The average molecular weight is 460 g/mol. The van der Waals surface area contributed by atoms with Crippen LogP contribution in [0.3, 0.4) is 0 Å². The van der Waals surface area contributed by atoms with Crippen LogP contribution in [0.4, 0.5) is 13.2 Å². The van der Waals surface area contributed by atoms with Crippen LogP contribution in [-0.4, -0.2) is 17.0 Å². The van der Waals surface area contributed by atoms with Gasteiger partial charge in [0.05, 0.1) is 21.7 Å². The second-order valence-corrected chi connectivity index (χ2v) is 7.51. The molecule has 0 unspecified atom stereocenters. The molecule has 3 rings (SSSR count). The highest BCUT2D eigenvalue weighted by molar-refractivity contribution is 7.98. The lowest BCUT2D eigenvalue weighted by Gasteiger charge is -2.13. The average Bonchev–Trinajstić information content (AvgIpc) is 2.67. The Bertz CT molecular complexity index is 1080. The summed E-state index contributed by atoms with van der Waals surface area (Å²) in [6.07, 6.45) is -3.10. The van der Waals surface area contributed by atoms with Gasteiger partial charge in [-0.15, -0.1) is 11.8 Å². The van der Waals surface area contributed by atoms with Gasteiger partial charge >= 0.3 is 6.18 Å². The number of thiol groups is 1. The summed E-state index contributed by atoms with van der Waals surface area (Å²) in [5, 5.41) is -0.364. The van der Waals surface area contributed by atoms with E-state index >= 15 is 0 Å². The highest BCUT2D eigenvalue weighted by Crippen LogP contribution is 2.36. The second-order valence-electron chi connectivity index (χ2n) is 5.94. The Morgan fingerprint density at radius 3 is 2.28 bits per heavy atom. The second kappa shape index (κ2) is 9.73. The fraction of sp³-hybridized carbons (Fsp3) is 0.200. The van der Waals surface area contributed by atoms with Crippen molar-refractivity contribution in [1.29, 1.82) is 0 Å². The van der Waals surface area contributed by atoms with Crippen molar-refractivity contribution in [3.05, 3.63) is 74.4 Å². The molecular formula is C20H17ClF3NO2S2. The standard InChI is InChI=1S/C13H9ClF3NO2S.C7H8S/c1-5(19)9-11(20)7-3-6(14)4-8(13(15,16)17)10(7)18-12(9)21-2;8-6-7-4-2-1-3-5-7/h3-4H,1-2H3,(H,18,20);1-5,8H,6H2. The van der Waals surface area contributed by atoms with Crippen molar-refractivity contribution in [3.8, 4) is 0 Å². The smallest absolute Gasteiger partial charge is 0.348 e. The lowest BCUT2D eigenvalue weighted by atomic mass is 10.1. The quantitative estimate of drug-likeness (QED) is 0.277. The number of aromatic amines is 1. The summed E-state index contributed by atoms with van der Waals surface area (Å²) in [5.74, 6) is 0.317. The van der Waals surface area contributed by atoms with Crippen molar-refractivity contribution in [2.45, 2.75) is 23.9 Å². The third kappa shape index (κ3) is 5.58. The Morgan fingerprint density at radius 2 is 1.83 bits per heavy atom. The number of carbonyl (C=O) groups is 1. The minimum atomic E-state index is -4.67. The van der Waals surface area contributed by atoms with Gasteiger partial charge < -0.3 is 4.98 Å². The van der Waals surface area contributed by atoms with E-state index in [4.69, 9.17) is 11.6 Å². The number of alkyl halides is 3. The molecule has 9 heteroatoms. The molecule has 1 N–H and O–H groups in total. The molecule has 0 saturated carbocycles. The van der Waals surface area contributed by atoms with E-state index in [1.165, 1.54) is 12.5 Å². The van der Waals surface area contributed by atoms with Gasteiger partial charge in [-0.2, -0.15) is 25.8 Å². The highest BCUT2D eigenvalue weighted by atomic mass is 35.5. The van der Waals surface area contributed by atoms with Gasteiger partial charge in [0.1, 0.15) is 0 Å². The normalized spacial score (nSPS) is 11.1. The van der Waals surface area contributed by atoms with Gasteiger partial charge in [0, 0.05) is 16.2 Å². The fourth-order valence-electron chi connectivity index (χ4n) is 2.61. The zero-order chi connectivity index (χ0) is 21.8. The SMILES string of the molecule is CSc1[nH]c2c(C(F)(F)F)cc(Cl)cc2c(=O)c1C(C)=O.SCc1ccccc1. The van der Waals surface area contributed by atoms with E-state index in [9.17, 15) is 22.8 Å². The molecular weight excluding hydrogens is 443 g/mol. The molecule has 0 aliphatic carbocycles. The molecule has 0 saturated heterocycles. The maximum absolute atomic E-state index is 13.1. The Hall–Kier alpha value is -1.90.